The number of hydrogen-bond acceptors (Lipinski definition) is 1. The van der Waals surface area contributed by atoms with Crippen LogP contribution in [0.3, 0.4) is 0 Å². The zero-order valence-electron chi connectivity index (χ0n) is 35.7. The number of benzene rings is 9. The first-order valence-electron chi connectivity index (χ1n) is 22.3. The van der Waals surface area contributed by atoms with Crippen LogP contribution in [0, 0.1) is 0 Å². The maximum Gasteiger partial charge on any atom is 0.131 e. The molecule has 12 aromatic rings. The molecule has 1 aliphatic rings. The molecule has 0 bridgehead atoms. The van der Waals surface area contributed by atoms with Gasteiger partial charge in [-0.3, -0.25) is 8.97 Å². The number of pyridine rings is 1. The minimum atomic E-state index is -0.0833. The van der Waals surface area contributed by atoms with Crippen LogP contribution in [0.5, 0.6) is 0 Å². The Morgan fingerprint density at radius 3 is 1.70 bits per heavy atom. The number of hydrogen-bond donors (Lipinski definition) is 0. The van der Waals surface area contributed by atoms with Crippen molar-refractivity contribution in [3.05, 3.63) is 236 Å². The largest absolute Gasteiger partial charge is 0.310 e. The molecule has 0 amide bonds. The second kappa shape index (κ2) is 13.9. The topological polar surface area (TPSA) is 12.6 Å². The van der Waals surface area contributed by atoms with E-state index in [4.69, 9.17) is 0 Å². The fourth-order valence-corrected chi connectivity index (χ4v) is 11.0. The van der Waals surface area contributed by atoms with Crippen molar-refractivity contribution in [1.29, 1.82) is 0 Å². The van der Waals surface area contributed by atoms with Crippen LogP contribution >= 0.6 is 0 Å². The molecule has 0 aliphatic heterocycles. The first kappa shape index (κ1) is 36.5. The third-order valence-electron chi connectivity index (χ3n) is 13.9. The van der Waals surface area contributed by atoms with Crippen molar-refractivity contribution in [1.82, 2.24) is 8.97 Å². The molecule has 302 valence electrons. The highest BCUT2D eigenvalue weighted by Crippen LogP contribution is 2.54. The summed E-state index contributed by atoms with van der Waals surface area (Å²) in [6.45, 7) is 4.70. The molecule has 3 heteroatoms. The first-order valence-corrected chi connectivity index (χ1v) is 22.3. The van der Waals surface area contributed by atoms with Crippen LogP contribution in [-0.4, -0.2) is 8.97 Å². The number of rotatable bonds is 6. The van der Waals surface area contributed by atoms with Crippen LogP contribution in [-0.2, 0) is 5.41 Å². The normalized spacial score (nSPS) is 13.0. The monoisotopic (exact) mass is 817 g/mol. The molecular weight excluding hydrogens is 775 g/mol. The number of fused-ring (bicyclic) bond motifs is 13. The highest BCUT2D eigenvalue weighted by Gasteiger charge is 2.37. The van der Waals surface area contributed by atoms with Crippen molar-refractivity contribution >= 4 is 66.2 Å². The van der Waals surface area contributed by atoms with E-state index < -0.39 is 0 Å². The van der Waals surface area contributed by atoms with Gasteiger partial charge in [0.05, 0.1) is 22.2 Å². The molecule has 0 radical (unpaired) electrons. The first-order chi connectivity index (χ1) is 31.6. The molecule has 64 heavy (non-hydrogen) atoms. The summed E-state index contributed by atoms with van der Waals surface area (Å²) in [7, 11) is 0. The van der Waals surface area contributed by atoms with Gasteiger partial charge in [-0.15, -0.1) is 0 Å². The zero-order valence-corrected chi connectivity index (χ0v) is 35.7. The van der Waals surface area contributed by atoms with Gasteiger partial charge >= 0.3 is 0 Å². The van der Waals surface area contributed by atoms with E-state index in [1.165, 1.54) is 99.3 Å². The maximum absolute atomic E-state index is 2.53. The molecule has 13 rings (SSSR count). The second-order valence-corrected chi connectivity index (χ2v) is 17.7. The molecular formula is C61H43N3. The Hall–Kier alpha value is -8.14. The fraction of sp³-hybridized carbons (Fsp3) is 0.0492. The SMILES string of the molecule is CC1(C)c2ccccc2-c2c(N(c3ccccc3)c3ccc(-c4ccc(-n5c6ccccc6c6c(-c7ccccc7)c7c8ccccc8c8ccccc8n7c65)cc4)cc3)cccc21. The summed E-state index contributed by atoms with van der Waals surface area (Å²) >= 11 is 0. The number of anilines is 3. The smallest absolute Gasteiger partial charge is 0.131 e. The summed E-state index contributed by atoms with van der Waals surface area (Å²) in [6.07, 6.45) is 0. The molecule has 0 N–H and O–H groups in total. The zero-order chi connectivity index (χ0) is 42.5. The number of para-hydroxylation sites is 3. The van der Waals surface area contributed by atoms with Crippen molar-refractivity contribution in [2.24, 2.45) is 0 Å². The van der Waals surface area contributed by atoms with E-state index >= 15 is 0 Å². The third-order valence-corrected chi connectivity index (χ3v) is 13.9. The highest BCUT2D eigenvalue weighted by molar-refractivity contribution is 6.27. The maximum atomic E-state index is 2.53. The molecule has 9 aromatic carbocycles. The van der Waals surface area contributed by atoms with Gasteiger partial charge in [0.25, 0.3) is 0 Å². The molecule has 1 aliphatic carbocycles. The number of nitrogens with zero attached hydrogens (tertiary/aromatic N) is 3. The molecule has 3 nitrogen and oxygen atoms in total. The fourth-order valence-electron chi connectivity index (χ4n) is 11.0. The van der Waals surface area contributed by atoms with Crippen molar-refractivity contribution in [2.45, 2.75) is 19.3 Å². The average Bonchev–Trinajstić information content (AvgIpc) is 3.96. The predicted octanol–water partition coefficient (Wildman–Crippen LogP) is 16.5. The van der Waals surface area contributed by atoms with Crippen molar-refractivity contribution < 1.29 is 0 Å². The second-order valence-electron chi connectivity index (χ2n) is 17.7. The molecule has 3 aromatic heterocycles. The van der Waals surface area contributed by atoms with Gasteiger partial charge in [0, 0.05) is 55.1 Å². The van der Waals surface area contributed by atoms with Gasteiger partial charge in [-0.05, 0) is 93.4 Å². The highest BCUT2D eigenvalue weighted by atomic mass is 15.1. The molecule has 0 spiro atoms. The minimum absolute atomic E-state index is 0.0833. The van der Waals surface area contributed by atoms with Gasteiger partial charge in [-0.1, -0.05) is 184 Å². The van der Waals surface area contributed by atoms with Gasteiger partial charge in [-0.25, -0.2) is 0 Å². The standard InChI is InChI=1S/C61H43N3/c1-61(2)51-27-14-11-25-49(51)57-52(61)28-17-31-55(57)62(43-20-7-4-8-21-43)44-36-32-40(33-37-44)41-34-38-45(39-35-41)63-54-30-16-13-26-50(54)58-56(42-18-5-3-6-19-42)59-48-24-10-9-22-46(48)47-23-12-15-29-53(47)64(59)60(58)63/h3-39H,1-2H3. The Kier molecular flexibility index (Phi) is 7.95. The van der Waals surface area contributed by atoms with Gasteiger partial charge < -0.3 is 4.90 Å². The number of aromatic nitrogens is 2. The van der Waals surface area contributed by atoms with Crippen LogP contribution in [0.15, 0.2) is 224 Å². The Labute approximate surface area is 372 Å². The summed E-state index contributed by atoms with van der Waals surface area (Å²) in [4.78, 5) is 2.42. The van der Waals surface area contributed by atoms with Crippen LogP contribution in [0.4, 0.5) is 17.1 Å². The minimum Gasteiger partial charge on any atom is -0.310 e. The van der Waals surface area contributed by atoms with E-state index in [0.717, 1.165) is 17.1 Å². The molecule has 0 saturated carbocycles. The van der Waals surface area contributed by atoms with E-state index in [1.807, 2.05) is 0 Å². The van der Waals surface area contributed by atoms with Crippen molar-refractivity contribution in [2.75, 3.05) is 4.90 Å². The Morgan fingerprint density at radius 1 is 0.391 bits per heavy atom. The lowest BCUT2D eigenvalue weighted by Crippen LogP contribution is -2.16. The van der Waals surface area contributed by atoms with Crippen LogP contribution in [0.2, 0.25) is 0 Å². The predicted molar refractivity (Wildman–Crippen MR) is 270 cm³/mol. The molecule has 0 fully saturated rings. The molecule has 0 saturated heterocycles. The van der Waals surface area contributed by atoms with E-state index in [2.05, 4.69) is 252 Å². The quantitative estimate of drug-likeness (QED) is 0.152. The average molecular weight is 818 g/mol. The summed E-state index contributed by atoms with van der Waals surface area (Å²) in [5.74, 6) is 0. The van der Waals surface area contributed by atoms with Crippen LogP contribution in [0.25, 0.3) is 88.2 Å². The molecule has 3 heterocycles. The van der Waals surface area contributed by atoms with E-state index in [-0.39, 0.29) is 5.41 Å². The lowest BCUT2D eigenvalue weighted by atomic mass is 9.82. The van der Waals surface area contributed by atoms with Gasteiger partial charge in [-0.2, -0.15) is 0 Å². The van der Waals surface area contributed by atoms with E-state index in [0.29, 0.717) is 0 Å². The summed E-state index contributed by atoms with van der Waals surface area (Å²) in [5.41, 5.74) is 19.5. The lowest BCUT2D eigenvalue weighted by molar-refractivity contribution is 0.660. The van der Waals surface area contributed by atoms with E-state index in [1.54, 1.807) is 0 Å². The van der Waals surface area contributed by atoms with Gasteiger partial charge in [0.1, 0.15) is 5.65 Å². The van der Waals surface area contributed by atoms with Gasteiger partial charge in [0.15, 0.2) is 0 Å². The summed E-state index contributed by atoms with van der Waals surface area (Å²) in [5, 5.41) is 6.27. The van der Waals surface area contributed by atoms with E-state index in [9.17, 15) is 0 Å². The Bertz CT molecular complexity index is 3780. The van der Waals surface area contributed by atoms with Crippen molar-refractivity contribution in [3.63, 3.8) is 0 Å². The van der Waals surface area contributed by atoms with Crippen LogP contribution in [0.1, 0.15) is 25.0 Å². The lowest BCUT2D eigenvalue weighted by Gasteiger charge is -2.29. The molecule has 0 atom stereocenters. The molecule has 0 unspecified atom stereocenters. The van der Waals surface area contributed by atoms with Gasteiger partial charge in [0.2, 0.25) is 0 Å². The Balaban J connectivity index is 0.967. The third kappa shape index (κ3) is 5.22. The van der Waals surface area contributed by atoms with Crippen molar-refractivity contribution in [3.8, 4) is 39.1 Å². The van der Waals surface area contributed by atoms with Crippen LogP contribution < -0.4 is 4.90 Å². The summed E-state index contributed by atoms with van der Waals surface area (Å²) < 4.78 is 5.01. The Morgan fingerprint density at radius 2 is 0.953 bits per heavy atom. The summed E-state index contributed by atoms with van der Waals surface area (Å²) in [6, 6.07) is 82.4.